The summed E-state index contributed by atoms with van der Waals surface area (Å²) in [6, 6.07) is 7.57. The highest BCUT2D eigenvalue weighted by Gasteiger charge is 2.35. The number of benzene rings is 1. The summed E-state index contributed by atoms with van der Waals surface area (Å²) in [7, 11) is 0. The fourth-order valence-electron chi connectivity index (χ4n) is 3.84. The summed E-state index contributed by atoms with van der Waals surface area (Å²) in [6.45, 7) is 3.25. The van der Waals surface area contributed by atoms with Gasteiger partial charge in [0, 0.05) is 28.8 Å². The van der Waals surface area contributed by atoms with Gasteiger partial charge in [-0.3, -0.25) is 0 Å². The van der Waals surface area contributed by atoms with Crippen LogP contribution >= 0.6 is 15.9 Å². The van der Waals surface area contributed by atoms with Gasteiger partial charge in [0.2, 0.25) is 0 Å². The van der Waals surface area contributed by atoms with E-state index in [9.17, 15) is 0 Å². The van der Waals surface area contributed by atoms with Gasteiger partial charge in [0.05, 0.1) is 0 Å². The Labute approximate surface area is 124 Å². The summed E-state index contributed by atoms with van der Waals surface area (Å²) in [5, 5.41) is 0. The predicted octanol–water partition coefficient (Wildman–Crippen LogP) is 4.24. The van der Waals surface area contributed by atoms with E-state index in [1.165, 1.54) is 49.9 Å². The topological polar surface area (TPSA) is 29.3 Å². The average molecular weight is 323 g/mol. The predicted molar refractivity (Wildman–Crippen MR) is 84.5 cm³/mol. The van der Waals surface area contributed by atoms with Crippen LogP contribution in [0.25, 0.3) is 0 Å². The van der Waals surface area contributed by atoms with Crippen LogP contribution in [0.4, 0.5) is 5.69 Å². The Balaban J connectivity index is 1.87. The minimum atomic E-state index is 0.0870. The molecule has 2 aliphatic rings. The van der Waals surface area contributed by atoms with Crippen molar-refractivity contribution in [1.29, 1.82) is 0 Å². The maximum Gasteiger partial charge on any atom is 0.0380 e. The van der Waals surface area contributed by atoms with Crippen LogP contribution in [0, 0.1) is 5.92 Å². The molecule has 3 heteroatoms. The second kappa shape index (κ2) is 5.45. The molecule has 0 bridgehead atoms. The molecule has 2 N–H and O–H groups in total. The van der Waals surface area contributed by atoms with Gasteiger partial charge in [0.25, 0.3) is 0 Å². The SMILES string of the molecule is C[C@H](N)c1ccc(N2CCCC3CCCC32)cc1Br. The summed E-state index contributed by atoms with van der Waals surface area (Å²) in [5.41, 5.74) is 8.55. The smallest absolute Gasteiger partial charge is 0.0380 e. The number of hydrogen-bond donors (Lipinski definition) is 1. The molecule has 104 valence electrons. The van der Waals surface area contributed by atoms with Crippen molar-refractivity contribution in [1.82, 2.24) is 0 Å². The maximum atomic E-state index is 5.98. The van der Waals surface area contributed by atoms with E-state index in [0.29, 0.717) is 0 Å². The maximum absolute atomic E-state index is 5.98. The summed E-state index contributed by atoms with van der Waals surface area (Å²) < 4.78 is 1.15. The lowest BCUT2D eigenvalue weighted by atomic mass is 9.91. The van der Waals surface area contributed by atoms with E-state index in [-0.39, 0.29) is 6.04 Å². The number of hydrogen-bond acceptors (Lipinski definition) is 2. The highest BCUT2D eigenvalue weighted by Crippen LogP contribution is 2.40. The zero-order valence-electron chi connectivity index (χ0n) is 11.6. The van der Waals surface area contributed by atoms with Gasteiger partial charge in [-0.25, -0.2) is 0 Å². The Bertz CT molecular complexity index is 458. The van der Waals surface area contributed by atoms with Crippen LogP contribution in [-0.2, 0) is 0 Å². The van der Waals surface area contributed by atoms with Crippen LogP contribution in [0.3, 0.4) is 0 Å². The molecular formula is C16H23BrN2. The molecular weight excluding hydrogens is 300 g/mol. The standard InChI is InChI=1S/C16H23BrN2/c1-11(18)14-8-7-13(10-15(14)17)19-9-3-5-12-4-2-6-16(12)19/h7-8,10-12,16H,2-6,9,18H2,1H3/t11-,12?,16?/m0/s1. The summed E-state index contributed by atoms with van der Waals surface area (Å²) in [5.74, 6) is 0.931. The quantitative estimate of drug-likeness (QED) is 0.882. The second-order valence-corrected chi connectivity index (χ2v) is 6.94. The molecule has 1 saturated heterocycles. The van der Waals surface area contributed by atoms with Crippen molar-refractivity contribution in [2.45, 2.75) is 51.1 Å². The first-order chi connectivity index (χ1) is 9.16. The van der Waals surface area contributed by atoms with E-state index in [0.717, 1.165) is 16.4 Å². The van der Waals surface area contributed by atoms with Gasteiger partial charge in [0.15, 0.2) is 0 Å². The van der Waals surface area contributed by atoms with Crippen molar-refractivity contribution in [3.8, 4) is 0 Å². The number of halogens is 1. The third-order valence-electron chi connectivity index (χ3n) is 4.80. The highest BCUT2D eigenvalue weighted by atomic mass is 79.9. The van der Waals surface area contributed by atoms with Crippen LogP contribution in [0.1, 0.15) is 50.6 Å². The second-order valence-electron chi connectivity index (χ2n) is 6.09. The molecule has 1 aromatic carbocycles. The Morgan fingerprint density at radius 1 is 1.26 bits per heavy atom. The van der Waals surface area contributed by atoms with Crippen molar-refractivity contribution in [3.63, 3.8) is 0 Å². The van der Waals surface area contributed by atoms with Crippen molar-refractivity contribution < 1.29 is 0 Å². The fourth-order valence-corrected chi connectivity index (χ4v) is 4.57. The number of rotatable bonds is 2. The Morgan fingerprint density at radius 3 is 2.79 bits per heavy atom. The first kappa shape index (κ1) is 13.4. The van der Waals surface area contributed by atoms with E-state index in [1.807, 2.05) is 6.92 Å². The molecule has 2 fully saturated rings. The Morgan fingerprint density at radius 2 is 2.05 bits per heavy atom. The van der Waals surface area contributed by atoms with Crippen molar-refractivity contribution in [2.24, 2.45) is 11.7 Å². The van der Waals surface area contributed by atoms with Gasteiger partial charge in [0.1, 0.15) is 0 Å². The van der Waals surface area contributed by atoms with Gasteiger partial charge in [-0.15, -0.1) is 0 Å². The molecule has 1 heterocycles. The Hall–Kier alpha value is -0.540. The lowest BCUT2D eigenvalue weighted by Crippen LogP contribution is -2.42. The third-order valence-corrected chi connectivity index (χ3v) is 5.49. The molecule has 1 aliphatic carbocycles. The van der Waals surface area contributed by atoms with Gasteiger partial charge >= 0.3 is 0 Å². The van der Waals surface area contributed by atoms with Gasteiger partial charge in [-0.05, 0) is 56.2 Å². The molecule has 2 unspecified atom stereocenters. The molecule has 0 radical (unpaired) electrons. The highest BCUT2D eigenvalue weighted by molar-refractivity contribution is 9.10. The average Bonchev–Trinajstić information content (AvgIpc) is 2.86. The number of fused-ring (bicyclic) bond motifs is 1. The molecule has 2 nitrogen and oxygen atoms in total. The van der Waals surface area contributed by atoms with Crippen molar-refractivity contribution in [2.75, 3.05) is 11.4 Å². The van der Waals surface area contributed by atoms with Gasteiger partial charge < -0.3 is 10.6 Å². The summed E-state index contributed by atoms with van der Waals surface area (Å²) in [4.78, 5) is 2.64. The number of nitrogens with zero attached hydrogens (tertiary/aromatic N) is 1. The van der Waals surface area contributed by atoms with E-state index in [1.54, 1.807) is 0 Å². The molecule has 3 rings (SSSR count). The van der Waals surface area contributed by atoms with Crippen LogP contribution in [0.15, 0.2) is 22.7 Å². The Kier molecular flexibility index (Phi) is 3.86. The number of piperidine rings is 1. The van der Waals surface area contributed by atoms with E-state index >= 15 is 0 Å². The normalized spacial score (nSPS) is 28.3. The lowest BCUT2D eigenvalue weighted by molar-refractivity contribution is 0.362. The van der Waals surface area contributed by atoms with Crippen LogP contribution < -0.4 is 10.6 Å². The molecule has 0 amide bonds. The molecule has 0 spiro atoms. The first-order valence-corrected chi connectivity index (χ1v) is 8.28. The minimum Gasteiger partial charge on any atom is -0.368 e. The van der Waals surface area contributed by atoms with E-state index < -0.39 is 0 Å². The molecule has 19 heavy (non-hydrogen) atoms. The van der Waals surface area contributed by atoms with Crippen LogP contribution in [0.2, 0.25) is 0 Å². The third kappa shape index (κ3) is 2.55. The summed E-state index contributed by atoms with van der Waals surface area (Å²) in [6.07, 6.45) is 6.98. The van der Waals surface area contributed by atoms with E-state index in [2.05, 4.69) is 39.0 Å². The number of anilines is 1. The van der Waals surface area contributed by atoms with Crippen LogP contribution in [0.5, 0.6) is 0 Å². The molecule has 1 saturated carbocycles. The van der Waals surface area contributed by atoms with Gasteiger partial charge in [-0.1, -0.05) is 28.4 Å². The molecule has 1 aliphatic heterocycles. The first-order valence-electron chi connectivity index (χ1n) is 7.48. The largest absolute Gasteiger partial charge is 0.368 e. The zero-order valence-corrected chi connectivity index (χ0v) is 13.2. The minimum absolute atomic E-state index is 0.0870. The number of nitrogens with two attached hydrogens (primary N) is 1. The monoisotopic (exact) mass is 322 g/mol. The fraction of sp³-hybridized carbons (Fsp3) is 0.625. The van der Waals surface area contributed by atoms with Gasteiger partial charge in [-0.2, -0.15) is 0 Å². The zero-order chi connectivity index (χ0) is 13.4. The lowest BCUT2D eigenvalue weighted by Gasteiger charge is -2.39. The van der Waals surface area contributed by atoms with Crippen molar-refractivity contribution >= 4 is 21.6 Å². The summed E-state index contributed by atoms with van der Waals surface area (Å²) >= 11 is 3.68. The van der Waals surface area contributed by atoms with Crippen molar-refractivity contribution in [3.05, 3.63) is 28.2 Å². The molecule has 3 atom stereocenters. The van der Waals surface area contributed by atoms with Crippen LogP contribution in [-0.4, -0.2) is 12.6 Å². The molecule has 0 aromatic heterocycles. The molecule has 1 aromatic rings. The van der Waals surface area contributed by atoms with E-state index in [4.69, 9.17) is 5.73 Å².